The Labute approximate surface area is 132 Å². The van der Waals surface area contributed by atoms with Crippen LogP contribution in [0.2, 0.25) is 0 Å². The number of carbonyl (C=O) groups excluding carboxylic acids is 1. The molecule has 1 N–H and O–H groups in total. The molecule has 1 aliphatic rings. The minimum absolute atomic E-state index is 0.00208. The Morgan fingerprint density at radius 1 is 1.32 bits per heavy atom. The van der Waals surface area contributed by atoms with Crippen molar-refractivity contribution in [2.45, 2.75) is 51.6 Å². The highest BCUT2D eigenvalue weighted by Gasteiger charge is 2.12. The van der Waals surface area contributed by atoms with Gasteiger partial charge in [-0.2, -0.15) is 5.26 Å². The third-order valence-corrected chi connectivity index (χ3v) is 4.12. The molecule has 0 bridgehead atoms. The molecule has 0 radical (unpaired) electrons. The monoisotopic (exact) mass is 300 g/mol. The van der Waals surface area contributed by atoms with Crippen LogP contribution >= 0.6 is 0 Å². The van der Waals surface area contributed by atoms with Gasteiger partial charge in [-0.3, -0.25) is 4.79 Å². The second-order valence-electron chi connectivity index (χ2n) is 5.84. The Morgan fingerprint density at radius 3 is 2.68 bits per heavy atom. The quantitative estimate of drug-likeness (QED) is 0.491. The van der Waals surface area contributed by atoms with Gasteiger partial charge in [0, 0.05) is 12.1 Å². The van der Waals surface area contributed by atoms with Crippen LogP contribution in [-0.2, 0) is 4.74 Å². The molecular formula is C18H24N2O2. The highest BCUT2D eigenvalue weighted by Crippen LogP contribution is 2.20. The highest BCUT2D eigenvalue weighted by molar-refractivity contribution is 5.95. The van der Waals surface area contributed by atoms with Crippen molar-refractivity contribution in [2.75, 3.05) is 18.5 Å². The summed E-state index contributed by atoms with van der Waals surface area (Å²) in [4.78, 5) is 11.4. The topological polar surface area (TPSA) is 62.1 Å². The number of rotatable bonds is 6. The van der Waals surface area contributed by atoms with Crippen LogP contribution in [0.1, 0.15) is 61.4 Å². The zero-order valence-corrected chi connectivity index (χ0v) is 13.2. The van der Waals surface area contributed by atoms with Gasteiger partial charge in [0.25, 0.3) is 0 Å². The Morgan fingerprint density at radius 2 is 2.05 bits per heavy atom. The molecule has 1 saturated carbocycles. The van der Waals surface area contributed by atoms with Crippen molar-refractivity contribution in [2.24, 2.45) is 0 Å². The van der Waals surface area contributed by atoms with Crippen molar-refractivity contribution < 1.29 is 9.53 Å². The molecule has 0 unspecified atom stereocenters. The van der Waals surface area contributed by atoms with Gasteiger partial charge in [-0.05, 0) is 38.0 Å². The molecule has 0 atom stereocenters. The second kappa shape index (κ2) is 8.55. The van der Waals surface area contributed by atoms with E-state index in [-0.39, 0.29) is 5.78 Å². The molecule has 1 aromatic rings. The Hall–Kier alpha value is -1.86. The van der Waals surface area contributed by atoms with Crippen molar-refractivity contribution in [1.82, 2.24) is 0 Å². The first kappa shape index (κ1) is 16.5. The van der Waals surface area contributed by atoms with Gasteiger partial charge in [0.1, 0.15) is 6.07 Å². The van der Waals surface area contributed by atoms with Crippen molar-refractivity contribution in [3.63, 3.8) is 0 Å². The zero-order valence-electron chi connectivity index (χ0n) is 13.2. The number of benzene rings is 1. The maximum atomic E-state index is 11.4. The van der Waals surface area contributed by atoms with Crippen LogP contribution in [0.25, 0.3) is 0 Å². The van der Waals surface area contributed by atoms with Crippen molar-refractivity contribution >= 4 is 11.5 Å². The summed E-state index contributed by atoms with van der Waals surface area (Å²) in [6.45, 7) is 2.80. The summed E-state index contributed by atoms with van der Waals surface area (Å²) in [5.74, 6) is 0.00208. The van der Waals surface area contributed by atoms with Crippen LogP contribution in [0.4, 0.5) is 5.69 Å². The Kier molecular flexibility index (Phi) is 6.42. The number of nitrogens with one attached hydrogen (secondary N) is 1. The van der Waals surface area contributed by atoms with Gasteiger partial charge in [-0.1, -0.05) is 25.7 Å². The molecule has 1 aromatic carbocycles. The summed E-state index contributed by atoms with van der Waals surface area (Å²) >= 11 is 0. The summed E-state index contributed by atoms with van der Waals surface area (Å²) in [6, 6.07) is 7.26. The molecule has 0 amide bonds. The smallest absolute Gasteiger partial charge is 0.159 e. The van der Waals surface area contributed by atoms with Gasteiger partial charge in [-0.25, -0.2) is 0 Å². The number of hydrogen-bond acceptors (Lipinski definition) is 4. The lowest BCUT2D eigenvalue weighted by Crippen LogP contribution is -2.18. The van der Waals surface area contributed by atoms with Crippen LogP contribution in [-0.4, -0.2) is 25.0 Å². The number of carbonyl (C=O) groups is 1. The summed E-state index contributed by atoms with van der Waals surface area (Å²) < 4.78 is 5.92. The predicted octanol–water partition coefficient (Wildman–Crippen LogP) is 3.91. The molecule has 2 rings (SSSR count). The number of hydrogen-bond donors (Lipinski definition) is 1. The van der Waals surface area contributed by atoms with Crippen molar-refractivity contribution in [1.29, 1.82) is 5.26 Å². The predicted molar refractivity (Wildman–Crippen MR) is 87.1 cm³/mol. The Bertz CT molecular complexity index is 541. The molecule has 0 saturated heterocycles. The number of anilines is 1. The maximum Gasteiger partial charge on any atom is 0.159 e. The van der Waals surface area contributed by atoms with Crippen LogP contribution in [0.3, 0.4) is 0 Å². The van der Waals surface area contributed by atoms with Gasteiger partial charge in [0.2, 0.25) is 0 Å². The van der Waals surface area contributed by atoms with E-state index >= 15 is 0 Å². The van der Waals surface area contributed by atoms with E-state index in [4.69, 9.17) is 10.00 Å². The highest BCUT2D eigenvalue weighted by atomic mass is 16.5. The fourth-order valence-electron chi connectivity index (χ4n) is 2.83. The molecular weight excluding hydrogens is 276 g/mol. The van der Waals surface area contributed by atoms with Crippen molar-refractivity contribution in [3.8, 4) is 6.07 Å². The van der Waals surface area contributed by atoms with Crippen LogP contribution in [0.15, 0.2) is 18.2 Å². The van der Waals surface area contributed by atoms with Crippen molar-refractivity contribution in [3.05, 3.63) is 29.3 Å². The molecule has 1 fully saturated rings. The van der Waals surface area contributed by atoms with Crippen LogP contribution < -0.4 is 5.32 Å². The lowest BCUT2D eigenvalue weighted by Gasteiger charge is -2.16. The molecule has 0 aliphatic heterocycles. The first-order valence-corrected chi connectivity index (χ1v) is 8.11. The van der Waals surface area contributed by atoms with Gasteiger partial charge < -0.3 is 10.1 Å². The van der Waals surface area contributed by atoms with Crippen LogP contribution in [0.5, 0.6) is 0 Å². The van der Waals surface area contributed by atoms with E-state index in [0.29, 0.717) is 36.1 Å². The van der Waals surface area contributed by atoms with E-state index in [2.05, 4.69) is 11.4 Å². The first-order valence-electron chi connectivity index (χ1n) is 8.11. The molecule has 4 heteroatoms. The van der Waals surface area contributed by atoms with Gasteiger partial charge in [-0.15, -0.1) is 0 Å². The van der Waals surface area contributed by atoms with E-state index in [1.165, 1.54) is 32.6 Å². The maximum absolute atomic E-state index is 11.4. The third kappa shape index (κ3) is 4.85. The number of nitriles is 1. The number of nitrogens with zero attached hydrogens (tertiary/aromatic N) is 1. The van der Waals surface area contributed by atoms with E-state index in [1.54, 1.807) is 18.2 Å². The molecule has 0 spiro atoms. The lowest BCUT2D eigenvalue weighted by molar-refractivity contribution is 0.0501. The molecule has 22 heavy (non-hydrogen) atoms. The summed E-state index contributed by atoms with van der Waals surface area (Å²) in [5.41, 5.74) is 1.88. The summed E-state index contributed by atoms with van der Waals surface area (Å²) in [6.07, 6.45) is 7.85. The first-order chi connectivity index (χ1) is 10.7. The molecule has 118 valence electrons. The fourth-order valence-corrected chi connectivity index (χ4v) is 2.83. The molecule has 1 aliphatic carbocycles. The number of ether oxygens (including phenoxy) is 1. The van der Waals surface area contributed by atoms with E-state index in [0.717, 1.165) is 12.8 Å². The third-order valence-electron chi connectivity index (χ3n) is 4.12. The van der Waals surface area contributed by atoms with Gasteiger partial charge in [0.05, 0.1) is 24.0 Å². The normalized spacial score (nSPS) is 15.8. The molecule has 0 heterocycles. The summed E-state index contributed by atoms with van der Waals surface area (Å²) in [5, 5.41) is 12.3. The van der Waals surface area contributed by atoms with E-state index < -0.39 is 0 Å². The standard InChI is InChI=1S/C18H24N2O2/c1-14(21)15-8-9-16(13-19)18(12-15)20-10-11-22-17-6-4-2-3-5-7-17/h8-9,12,17,20H,2-7,10-11H2,1H3. The average Bonchev–Trinajstić information content (AvgIpc) is 2.80. The molecule has 4 nitrogen and oxygen atoms in total. The van der Waals surface area contributed by atoms with Gasteiger partial charge in [0.15, 0.2) is 5.78 Å². The second-order valence-corrected chi connectivity index (χ2v) is 5.84. The van der Waals surface area contributed by atoms with E-state index in [1.807, 2.05) is 0 Å². The molecule has 0 aromatic heterocycles. The number of Topliss-reactive ketones (excluding diaryl/α,β-unsaturated/α-hetero) is 1. The lowest BCUT2D eigenvalue weighted by atomic mass is 10.1. The Balaban J connectivity index is 1.84. The minimum Gasteiger partial charge on any atom is -0.382 e. The largest absolute Gasteiger partial charge is 0.382 e. The number of ketones is 1. The zero-order chi connectivity index (χ0) is 15.8. The average molecular weight is 300 g/mol. The SMILES string of the molecule is CC(=O)c1ccc(C#N)c(NCCOC2CCCCCC2)c1. The fraction of sp³-hybridized carbons (Fsp3) is 0.556. The van der Waals surface area contributed by atoms with Crippen LogP contribution in [0, 0.1) is 11.3 Å². The minimum atomic E-state index is 0.00208. The summed E-state index contributed by atoms with van der Waals surface area (Å²) in [7, 11) is 0. The van der Waals surface area contributed by atoms with E-state index in [9.17, 15) is 4.79 Å². The van der Waals surface area contributed by atoms with Gasteiger partial charge >= 0.3 is 0 Å².